The molecule has 0 saturated carbocycles. The zero-order chi connectivity index (χ0) is 17.5. The number of carbonyl (C=O) groups is 1. The Morgan fingerprint density at radius 2 is 1.92 bits per heavy atom. The molecule has 0 heterocycles. The van der Waals surface area contributed by atoms with Crippen molar-refractivity contribution in [1.82, 2.24) is 0 Å². The summed E-state index contributed by atoms with van der Waals surface area (Å²) < 4.78 is 10.4. The maximum Gasteiger partial charge on any atom is 0.266 e. The van der Waals surface area contributed by atoms with Crippen LogP contribution in [0.5, 0.6) is 11.5 Å². The van der Waals surface area contributed by atoms with E-state index in [0.717, 1.165) is 5.56 Å². The number of methoxy groups -OCH3 is 2. The molecule has 24 heavy (non-hydrogen) atoms. The van der Waals surface area contributed by atoms with Crippen molar-refractivity contribution in [3.05, 3.63) is 59.2 Å². The molecule has 122 valence electrons. The van der Waals surface area contributed by atoms with E-state index >= 15 is 0 Å². The maximum atomic E-state index is 12.4. The molecule has 5 nitrogen and oxygen atoms in total. The Balaban J connectivity index is 2.34. The molecule has 0 atom stereocenters. The fourth-order valence-electron chi connectivity index (χ4n) is 2.16. The van der Waals surface area contributed by atoms with Crippen molar-refractivity contribution < 1.29 is 14.3 Å². The molecule has 2 rings (SSSR count). The van der Waals surface area contributed by atoms with Crippen LogP contribution in [-0.4, -0.2) is 20.1 Å². The lowest BCUT2D eigenvalue weighted by molar-refractivity contribution is -0.112. The third-order valence-electron chi connectivity index (χ3n) is 3.50. The number of aryl methyl sites for hydroxylation is 1. The van der Waals surface area contributed by atoms with Crippen molar-refractivity contribution in [3.63, 3.8) is 0 Å². The number of benzene rings is 2. The topological polar surface area (TPSA) is 71.3 Å². The second-order valence-electron chi connectivity index (χ2n) is 5.05. The van der Waals surface area contributed by atoms with E-state index in [0.29, 0.717) is 22.7 Å². The predicted octanol–water partition coefficient (Wildman–Crippen LogP) is 3.56. The first kappa shape index (κ1) is 17.1. The second-order valence-corrected chi connectivity index (χ2v) is 5.05. The normalized spacial score (nSPS) is 10.7. The zero-order valence-corrected chi connectivity index (χ0v) is 13.8. The number of nitrogens with zero attached hydrogens (tertiary/aromatic N) is 1. The van der Waals surface area contributed by atoms with Gasteiger partial charge in [-0.2, -0.15) is 5.26 Å². The highest BCUT2D eigenvalue weighted by molar-refractivity contribution is 6.10. The first-order valence-corrected chi connectivity index (χ1v) is 7.30. The van der Waals surface area contributed by atoms with Crippen molar-refractivity contribution in [1.29, 1.82) is 5.26 Å². The Bertz CT molecular complexity index is 820. The summed E-state index contributed by atoms with van der Waals surface area (Å²) in [6, 6.07) is 14.5. The zero-order valence-electron chi connectivity index (χ0n) is 13.8. The Labute approximate surface area is 141 Å². The quantitative estimate of drug-likeness (QED) is 0.675. The van der Waals surface area contributed by atoms with Gasteiger partial charge in [0.25, 0.3) is 5.91 Å². The van der Waals surface area contributed by atoms with Crippen LogP contribution in [0.25, 0.3) is 6.08 Å². The van der Waals surface area contributed by atoms with Gasteiger partial charge < -0.3 is 14.8 Å². The summed E-state index contributed by atoms with van der Waals surface area (Å²) in [5, 5.41) is 12.1. The summed E-state index contributed by atoms with van der Waals surface area (Å²) in [5.41, 5.74) is 2.15. The molecule has 0 aliphatic rings. The van der Waals surface area contributed by atoms with Gasteiger partial charge in [0.15, 0.2) is 0 Å². The highest BCUT2D eigenvalue weighted by atomic mass is 16.5. The molecule has 1 amide bonds. The lowest BCUT2D eigenvalue weighted by Gasteiger charge is -2.09. The van der Waals surface area contributed by atoms with Gasteiger partial charge in [0, 0.05) is 11.3 Å². The maximum absolute atomic E-state index is 12.4. The van der Waals surface area contributed by atoms with E-state index in [9.17, 15) is 10.1 Å². The van der Waals surface area contributed by atoms with Crippen molar-refractivity contribution in [2.24, 2.45) is 0 Å². The lowest BCUT2D eigenvalue weighted by Crippen LogP contribution is -2.14. The van der Waals surface area contributed by atoms with Crippen molar-refractivity contribution in [3.8, 4) is 17.6 Å². The molecule has 0 aromatic heterocycles. The first-order chi connectivity index (χ1) is 11.6. The van der Waals surface area contributed by atoms with Gasteiger partial charge in [-0.05, 0) is 42.8 Å². The van der Waals surface area contributed by atoms with E-state index < -0.39 is 5.91 Å². The van der Waals surface area contributed by atoms with Gasteiger partial charge in [-0.1, -0.05) is 18.2 Å². The predicted molar refractivity (Wildman–Crippen MR) is 92.9 cm³/mol. The Hall–Kier alpha value is -3.26. The number of hydrogen-bond donors (Lipinski definition) is 1. The lowest BCUT2D eigenvalue weighted by atomic mass is 10.1. The Morgan fingerprint density at radius 3 is 2.54 bits per heavy atom. The van der Waals surface area contributed by atoms with Crippen LogP contribution in [0.4, 0.5) is 5.69 Å². The number of nitriles is 1. The number of rotatable bonds is 5. The number of anilines is 1. The number of hydrogen-bond acceptors (Lipinski definition) is 4. The van der Waals surface area contributed by atoms with Crippen LogP contribution in [0.15, 0.2) is 48.0 Å². The van der Waals surface area contributed by atoms with E-state index in [-0.39, 0.29) is 5.57 Å². The molecule has 2 aromatic rings. The van der Waals surface area contributed by atoms with Gasteiger partial charge in [0.05, 0.1) is 14.2 Å². The molecule has 0 unspecified atom stereocenters. The van der Waals surface area contributed by atoms with Gasteiger partial charge in [-0.15, -0.1) is 0 Å². The number of carbonyl (C=O) groups excluding carboxylic acids is 1. The minimum atomic E-state index is -0.475. The molecule has 0 fully saturated rings. The van der Waals surface area contributed by atoms with Crippen LogP contribution in [0, 0.1) is 18.3 Å². The minimum Gasteiger partial charge on any atom is -0.497 e. The Kier molecular flexibility index (Phi) is 5.58. The minimum absolute atomic E-state index is 0.0233. The van der Waals surface area contributed by atoms with E-state index in [1.807, 2.05) is 31.2 Å². The fraction of sp³-hybridized carbons (Fsp3) is 0.158. The number of ether oxygens (including phenoxy) is 2. The fourth-order valence-corrected chi connectivity index (χ4v) is 2.16. The molecule has 0 spiro atoms. The van der Waals surface area contributed by atoms with Gasteiger partial charge in [0.2, 0.25) is 0 Å². The van der Waals surface area contributed by atoms with Gasteiger partial charge in [-0.25, -0.2) is 0 Å². The molecule has 0 radical (unpaired) electrons. The van der Waals surface area contributed by atoms with Crippen molar-refractivity contribution in [2.75, 3.05) is 19.5 Å². The summed E-state index contributed by atoms with van der Waals surface area (Å²) in [6.07, 6.45) is 1.48. The van der Waals surface area contributed by atoms with E-state index in [1.165, 1.54) is 13.2 Å². The molecular weight excluding hydrogens is 304 g/mol. The first-order valence-electron chi connectivity index (χ1n) is 7.30. The summed E-state index contributed by atoms with van der Waals surface area (Å²) in [4.78, 5) is 12.4. The van der Waals surface area contributed by atoms with Crippen LogP contribution >= 0.6 is 0 Å². The molecule has 0 bridgehead atoms. The molecule has 0 aliphatic heterocycles. The second kappa shape index (κ2) is 7.84. The highest BCUT2D eigenvalue weighted by Gasteiger charge is 2.12. The smallest absolute Gasteiger partial charge is 0.266 e. The summed E-state index contributed by atoms with van der Waals surface area (Å²) >= 11 is 0. The molecule has 0 saturated heterocycles. The summed E-state index contributed by atoms with van der Waals surface area (Å²) in [5.74, 6) is 0.683. The van der Waals surface area contributed by atoms with Crippen LogP contribution in [0.1, 0.15) is 11.1 Å². The molecule has 5 heteroatoms. The van der Waals surface area contributed by atoms with Crippen molar-refractivity contribution in [2.45, 2.75) is 6.92 Å². The monoisotopic (exact) mass is 322 g/mol. The number of para-hydroxylation sites is 1. The SMILES string of the molecule is COc1ccc(OC)c(/C=C(\C#N)C(=O)Nc2ccccc2C)c1. The molecular formula is C19H18N2O3. The van der Waals surface area contributed by atoms with Crippen LogP contribution in [0.3, 0.4) is 0 Å². The third kappa shape index (κ3) is 3.93. The van der Waals surface area contributed by atoms with Crippen LogP contribution in [-0.2, 0) is 4.79 Å². The van der Waals surface area contributed by atoms with Gasteiger partial charge in [0.1, 0.15) is 23.1 Å². The standard InChI is InChI=1S/C19H18N2O3/c1-13-6-4-5-7-17(13)21-19(22)15(12-20)10-14-11-16(23-2)8-9-18(14)24-3/h4-11H,1-3H3,(H,21,22)/b15-10+. The molecule has 1 N–H and O–H groups in total. The molecule has 2 aromatic carbocycles. The van der Waals surface area contributed by atoms with Gasteiger partial charge >= 0.3 is 0 Å². The van der Waals surface area contributed by atoms with E-state index in [1.54, 1.807) is 31.4 Å². The van der Waals surface area contributed by atoms with Crippen molar-refractivity contribution >= 4 is 17.7 Å². The van der Waals surface area contributed by atoms with E-state index in [2.05, 4.69) is 5.32 Å². The summed E-state index contributed by atoms with van der Waals surface area (Å²) in [6.45, 7) is 1.89. The molecule has 0 aliphatic carbocycles. The van der Waals surface area contributed by atoms with Crippen LogP contribution in [0.2, 0.25) is 0 Å². The number of nitrogens with one attached hydrogen (secondary N) is 1. The average molecular weight is 322 g/mol. The number of amides is 1. The van der Waals surface area contributed by atoms with E-state index in [4.69, 9.17) is 9.47 Å². The Morgan fingerprint density at radius 1 is 1.17 bits per heavy atom. The van der Waals surface area contributed by atoms with Gasteiger partial charge in [-0.3, -0.25) is 4.79 Å². The third-order valence-corrected chi connectivity index (χ3v) is 3.50. The summed E-state index contributed by atoms with van der Waals surface area (Å²) in [7, 11) is 3.07. The highest BCUT2D eigenvalue weighted by Crippen LogP contribution is 2.26. The average Bonchev–Trinajstić information content (AvgIpc) is 2.61. The largest absolute Gasteiger partial charge is 0.497 e. The van der Waals surface area contributed by atoms with Crippen LogP contribution < -0.4 is 14.8 Å².